The quantitative estimate of drug-likeness (QED) is 0.870. The van der Waals surface area contributed by atoms with E-state index in [2.05, 4.69) is 16.7 Å². The third-order valence-electron chi connectivity index (χ3n) is 4.15. The molecule has 0 spiro atoms. The first-order valence-electron chi connectivity index (χ1n) is 6.94. The molecule has 4 heteroatoms. The average molecular weight is 260 g/mol. The van der Waals surface area contributed by atoms with E-state index in [-0.39, 0.29) is 18.0 Å². The summed E-state index contributed by atoms with van der Waals surface area (Å²) in [6, 6.07) is 8.25. The summed E-state index contributed by atoms with van der Waals surface area (Å²) in [6.45, 7) is 0. The van der Waals surface area contributed by atoms with Crippen LogP contribution in [0.4, 0.5) is 5.69 Å². The van der Waals surface area contributed by atoms with Gasteiger partial charge in [0.1, 0.15) is 6.04 Å². The Labute approximate surface area is 113 Å². The van der Waals surface area contributed by atoms with Crippen molar-refractivity contribution in [3.63, 3.8) is 0 Å². The molecule has 2 aliphatic rings. The maximum Gasteiger partial charge on any atom is 0.243 e. The highest BCUT2D eigenvalue weighted by Crippen LogP contribution is 2.26. The third kappa shape index (κ3) is 2.59. The molecule has 0 radical (unpaired) electrons. The number of fused-ring (bicyclic) bond motifs is 1. The zero-order valence-corrected chi connectivity index (χ0v) is 11.2. The molecule has 1 aliphatic carbocycles. The minimum Gasteiger partial charge on any atom is -0.381 e. The largest absolute Gasteiger partial charge is 0.381 e. The Kier molecular flexibility index (Phi) is 3.42. The number of carbonyl (C=O) groups excluding carboxylic acids is 1. The Hall–Kier alpha value is -1.55. The number of benzene rings is 1. The van der Waals surface area contributed by atoms with Crippen molar-refractivity contribution in [3.8, 4) is 0 Å². The van der Waals surface area contributed by atoms with Crippen LogP contribution in [-0.4, -0.2) is 31.2 Å². The molecular formula is C15H20N2O2. The standard InChI is InChI=1S/C15H20N2O2/c1-19-12-7-6-11(9-12)16-15(18)14-8-10-4-2-3-5-13(10)17-14/h2-5,11-12,14,17H,6-9H2,1H3,(H,16,18)/t11?,12?,14-/m0/s1. The van der Waals surface area contributed by atoms with Gasteiger partial charge >= 0.3 is 0 Å². The van der Waals surface area contributed by atoms with Gasteiger partial charge in [-0.1, -0.05) is 18.2 Å². The summed E-state index contributed by atoms with van der Waals surface area (Å²) in [4.78, 5) is 12.3. The zero-order valence-electron chi connectivity index (χ0n) is 11.2. The zero-order chi connectivity index (χ0) is 13.2. The van der Waals surface area contributed by atoms with Crippen molar-refractivity contribution in [1.29, 1.82) is 0 Å². The van der Waals surface area contributed by atoms with Gasteiger partial charge in [-0.05, 0) is 30.9 Å². The molecule has 1 amide bonds. The van der Waals surface area contributed by atoms with Crippen molar-refractivity contribution in [2.75, 3.05) is 12.4 Å². The fraction of sp³-hybridized carbons (Fsp3) is 0.533. The SMILES string of the molecule is COC1CCC(NC(=O)[C@@H]2Cc3ccccc3N2)C1. The summed E-state index contributed by atoms with van der Waals surface area (Å²) in [6.07, 6.45) is 4.08. The van der Waals surface area contributed by atoms with E-state index in [1.807, 2.05) is 18.2 Å². The number of hydrogen-bond acceptors (Lipinski definition) is 3. The fourth-order valence-corrected chi connectivity index (χ4v) is 3.04. The molecule has 1 aliphatic heterocycles. The van der Waals surface area contributed by atoms with Crippen LogP contribution in [0, 0.1) is 0 Å². The highest BCUT2D eigenvalue weighted by atomic mass is 16.5. The lowest BCUT2D eigenvalue weighted by Crippen LogP contribution is -2.43. The van der Waals surface area contributed by atoms with E-state index in [0.29, 0.717) is 6.10 Å². The lowest BCUT2D eigenvalue weighted by Gasteiger charge is -2.17. The number of hydrogen-bond donors (Lipinski definition) is 2. The molecule has 3 rings (SSSR count). The normalized spacial score (nSPS) is 28.8. The Bertz CT molecular complexity index is 450. The molecule has 0 bridgehead atoms. The van der Waals surface area contributed by atoms with Crippen molar-refractivity contribution < 1.29 is 9.53 Å². The number of anilines is 1. The lowest BCUT2D eigenvalue weighted by atomic mass is 10.1. The summed E-state index contributed by atoms with van der Waals surface area (Å²) in [5.41, 5.74) is 2.31. The molecule has 3 atom stereocenters. The van der Waals surface area contributed by atoms with Gasteiger partial charge < -0.3 is 15.4 Å². The van der Waals surface area contributed by atoms with E-state index in [4.69, 9.17) is 4.74 Å². The van der Waals surface area contributed by atoms with Crippen LogP contribution < -0.4 is 10.6 Å². The summed E-state index contributed by atoms with van der Waals surface area (Å²) in [5.74, 6) is 0.109. The number of para-hydroxylation sites is 1. The fourth-order valence-electron chi connectivity index (χ4n) is 3.04. The van der Waals surface area contributed by atoms with Crippen LogP contribution >= 0.6 is 0 Å². The maximum absolute atomic E-state index is 12.3. The van der Waals surface area contributed by atoms with Gasteiger partial charge in [0.15, 0.2) is 0 Å². The van der Waals surface area contributed by atoms with Crippen molar-refractivity contribution in [2.24, 2.45) is 0 Å². The smallest absolute Gasteiger partial charge is 0.243 e. The average Bonchev–Trinajstić information content (AvgIpc) is 3.04. The molecule has 1 fully saturated rings. The van der Waals surface area contributed by atoms with Gasteiger partial charge in [-0.25, -0.2) is 0 Å². The monoisotopic (exact) mass is 260 g/mol. The summed E-state index contributed by atoms with van der Waals surface area (Å²) >= 11 is 0. The van der Waals surface area contributed by atoms with Crippen molar-refractivity contribution in [3.05, 3.63) is 29.8 Å². The molecule has 4 nitrogen and oxygen atoms in total. The molecule has 0 aromatic heterocycles. The molecule has 0 saturated heterocycles. The molecule has 1 saturated carbocycles. The third-order valence-corrected chi connectivity index (χ3v) is 4.15. The van der Waals surface area contributed by atoms with Crippen LogP contribution in [0.5, 0.6) is 0 Å². The molecule has 2 unspecified atom stereocenters. The first-order valence-corrected chi connectivity index (χ1v) is 6.94. The van der Waals surface area contributed by atoms with Crippen LogP contribution in [0.25, 0.3) is 0 Å². The van der Waals surface area contributed by atoms with Gasteiger partial charge in [0.25, 0.3) is 0 Å². The predicted octanol–water partition coefficient (Wildman–Crippen LogP) is 1.71. The number of nitrogens with one attached hydrogen (secondary N) is 2. The van der Waals surface area contributed by atoms with E-state index < -0.39 is 0 Å². The van der Waals surface area contributed by atoms with Crippen molar-refractivity contribution in [2.45, 2.75) is 43.9 Å². The van der Waals surface area contributed by atoms with E-state index in [9.17, 15) is 4.79 Å². The number of ether oxygens (including phenoxy) is 1. The summed E-state index contributed by atoms with van der Waals surface area (Å²) < 4.78 is 5.33. The van der Waals surface area contributed by atoms with Gasteiger partial charge in [0, 0.05) is 25.3 Å². The second kappa shape index (κ2) is 5.21. The van der Waals surface area contributed by atoms with Gasteiger partial charge in [-0.2, -0.15) is 0 Å². The van der Waals surface area contributed by atoms with E-state index >= 15 is 0 Å². The Morgan fingerprint density at radius 2 is 2.21 bits per heavy atom. The van der Waals surface area contributed by atoms with Gasteiger partial charge in [-0.3, -0.25) is 4.79 Å². The predicted molar refractivity (Wildman–Crippen MR) is 74.1 cm³/mol. The molecule has 1 aromatic rings. The summed E-state index contributed by atoms with van der Waals surface area (Å²) in [5, 5.41) is 6.43. The van der Waals surface area contributed by atoms with Crippen LogP contribution in [0.1, 0.15) is 24.8 Å². The molecule has 2 N–H and O–H groups in total. The van der Waals surface area contributed by atoms with Crippen LogP contribution in [0.15, 0.2) is 24.3 Å². The van der Waals surface area contributed by atoms with E-state index in [0.717, 1.165) is 31.4 Å². The minimum atomic E-state index is -0.126. The highest BCUT2D eigenvalue weighted by Gasteiger charge is 2.30. The van der Waals surface area contributed by atoms with Crippen LogP contribution in [-0.2, 0) is 16.0 Å². The molecule has 102 valence electrons. The maximum atomic E-state index is 12.3. The van der Waals surface area contributed by atoms with Gasteiger partial charge in [0.2, 0.25) is 5.91 Å². The van der Waals surface area contributed by atoms with E-state index in [1.54, 1.807) is 7.11 Å². The van der Waals surface area contributed by atoms with Crippen molar-refractivity contribution >= 4 is 11.6 Å². The van der Waals surface area contributed by atoms with E-state index in [1.165, 1.54) is 5.56 Å². The Morgan fingerprint density at radius 3 is 2.95 bits per heavy atom. The number of rotatable bonds is 3. The topological polar surface area (TPSA) is 50.4 Å². The molecule has 1 heterocycles. The summed E-state index contributed by atoms with van der Waals surface area (Å²) in [7, 11) is 1.74. The number of methoxy groups -OCH3 is 1. The number of amides is 1. The first kappa shape index (κ1) is 12.5. The molecule has 1 aromatic carbocycles. The van der Waals surface area contributed by atoms with Crippen LogP contribution in [0.3, 0.4) is 0 Å². The second-order valence-corrected chi connectivity index (χ2v) is 5.43. The Balaban J connectivity index is 1.56. The first-order chi connectivity index (χ1) is 9.26. The Morgan fingerprint density at radius 1 is 1.37 bits per heavy atom. The minimum absolute atomic E-state index is 0.109. The molecule has 19 heavy (non-hydrogen) atoms. The van der Waals surface area contributed by atoms with Gasteiger partial charge in [-0.15, -0.1) is 0 Å². The lowest BCUT2D eigenvalue weighted by molar-refractivity contribution is -0.122. The van der Waals surface area contributed by atoms with Crippen LogP contribution in [0.2, 0.25) is 0 Å². The molecular weight excluding hydrogens is 240 g/mol. The van der Waals surface area contributed by atoms with Gasteiger partial charge in [0.05, 0.1) is 6.10 Å². The highest BCUT2D eigenvalue weighted by molar-refractivity contribution is 5.87. The number of carbonyl (C=O) groups is 1. The second-order valence-electron chi connectivity index (χ2n) is 5.43. The van der Waals surface area contributed by atoms with Crippen molar-refractivity contribution in [1.82, 2.24) is 5.32 Å².